The third-order valence-electron chi connectivity index (χ3n) is 3.70. The molecule has 0 bridgehead atoms. The Morgan fingerprint density at radius 3 is 2.79 bits per heavy atom. The van der Waals surface area contributed by atoms with Crippen LogP contribution in [0.1, 0.15) is 26.3 Å². The van der Waals surface area contributed by atoms with Gasteiger partial charge in [0.05, 0.1) is 11.9 Å². The number of carbonyl (C=O) groups is 1. The van der Waals surface area contributed by atoms with Gasteiger partial charge in [-0.3, -0.25) is 4.57 Å². The van der Waals surface area contributed by atoms with E-state index >= 15 is 0 Å². The number of rotatable bonds is 0. The zero-order chi connectivity index (χ0) is 17.1. The first-order valence-electron chi connectivity index (χ1n) is 7.55. The van der Waals surface area contributed by atoms with Gasteiger partial charge in [0.2, 0.25) is 5.28 Å². The van der Waals surface area contributed by atoms with Crippen molar-refractivity contribution >= 4 is 29.3 Å². The van der Waals surface area contributed by atoms with Crippen molar-refractivity contribution in [1.82, 2.24) is 14.6 Å². The lowest BCUT2D eigenvalue weighted by Crippen LogP contribution is -2.49. The van der Waals surface area contributed by atoms with Crippen LogP contribution in [-0.4, -0.2) is 38.8 Å². The molecule has 24 heavy (non-hydrogen) atoms. The molecule has 1 amide bonds. The highest BCUT2D eigenvalue weighted by atomic mass is 35.5. The summed E-state index contributed by atoms with van der Waals surface area (Å²) in [5.41, 5.74) is 1.18. The van der Waals surface area contributed by atoms with Crippen LogP contribution >= 0.6 is 11.6 Å². The molecule has 4 rings (SSSR count). The lowest BCUT2D eigenvalue weighted by Gasteiger charge is -2.35. The Morgan fingerprint density at radius 2 is 2.04 bits per heavy atom. The fourth-order valence-corrected chi connectivity index (χ4v) is 3.04. The number of hydrogen-bond acceptors (Lipinski definition) is 5. The van der Waals surface area contributed by atoms with Gasteiger partial charge in [-0.05, 0) is 44.5 Å². The van der Waals surface area contributed by atoms with Crippen molar-refractivity contribution < 1.29 is 9.53 Å². The summed E-state index contributed by atoms with van der Waals surface area (Å²) < 4.78 is 7.28. The van der Waals surface area contributed by atoms with Gasteiger partial charge in [-0.15, -0.1) is 0 Å². The summed E-state index contributed by atoms with van der Waals surface area (Å²) in [5, 5.41) is 3.47. The minimum atomic E-state index is -0.592. The minimum Gasteiger partial charge on any atom is -0.442 e. The second-order valence-corrected chi connectivity index (χ2v) is 6.89. The first-order valence-corrected chi connectivity index (χ1v) is 7.92. The van der Waals surface area contributed by atoms with Crippen LogP contribution in [0.2, 0.25) is 5.28 Å². The summed E-state index contributed by atoms with van der Waals surface area (Å²) in [4.78, 5) is 21.3. The van der Waals surface area contributed by atoms with E-state index in [1.165, 1.54) is 5.01 Å². The molecule has 124 valence electrons. The number of aromatic nitrogens is 2. The molecule has 0 saturated carbocycles. The highest BCUT2D eigenvalue weighted by Crippen LogP contribution is 2.37. The van der Waals surface area contributed by atoms with Crippen molar-refractivity contribution in [2.24, 2.45) is 4.99 Å². The SMILES string of the molecule is CC(C)(C)OC(=O)N1CN=C2c3ccccc3-n3c(cnc3Cl)N21. The van der Waals surface area contributed by atoms with Crippen LogP contribution in [0.3, 0.4) is 0 Å². The maximum Gasteiger partial charge on any atom is 0.431 e. The van der Waals surface area contributed by atoms with Crippen molar-refractivity contribution in [3.05, 3.63) is 41.3 Å². The van der Waals surface area contributed by atoms with Gasteiger partial charge in [0.25, 0.3) is 0 Å². The summed E-state index contributed by atoms with van der Waals surface area (Å²) in [7, 11) is 0. The van der Waals surface area contributed by atoms with Gasteiger partial charge in [0, 0.05) is 5.56 Å². The van der Waals surface area contributed by atoms with E-state index < -0.39 is 11.7 Å². The van der Waals surface area contributed by atoms with Crippen LogP contribution in [0.5, 0.6) is 0 Å². The molecule has 2 aliphatic rings. The molecule has 8 heteroatoms. The quantitative estimate of drug-likeness (QED) is 0.735. The average Bonchev–Trinajstić information content (AvgIpc) is 3.10. The molecule has 2 aromatic rings. The maximum atomic E-state index is 12.6. The number of halogens is 1. The Balaban J connectivity index is 1.81. The van der Waals surface area contributed by atoms with E-state index in [9.17, 15) is 4.79 Å². The van der Waals surface area contributed by atoms with E-state index in [1.807, 2.05) is 45.0 Å². The molecule has 2 aliphatic heterocycles. The Labute approximate surface area is 144 Å². The Bertz CT molecular complexity index is 868. The number of amidine groups is 1. The summed E-state index contributed by atoms with van der Waals surface area (Å²) in [6.07, 6.45) is 1.15. The molecular formula is C16H16ClN5O2. The molecule has 0 unspecified atom stereocenters. The predicted octanol–water partition coefficient (Wildman–Crippen LogP) is 3.22. The number of imidazole rings is 1. The van der Waals surface area contributed by atoms with Crippen LogP contribution in [0.25, 0.3) is 5.69 Å². The molecular weight excluding hydrogens is 330 g/mol. The summed E-state index contributed by atoms with van der Waals surface area (Å²) in [5.74, 6) is 1.33. The van der Waals surface area contributed by atoms with Crippen LogP contribution in [0.4, 0.5) is 10.6 Å². The van der Waals surface area contributed by atoms with E-state index in [4.69, 9.17) is 16.3 Å². The molecule has 0 saturated heterocycles. The zero-order valence-corrected chi connectivity index (χ0v) is 14.3. The fraction of sp³-hybridized carbons (Fsp3) is 0.312. The van der Waals surface area contributed by atoms with Crippen LogP contribution < -0.4 is 5.01 Å². The molecule has 0 fully saturated rings. The summed E-state index contributed by atoms with van der Waals surface area (Å²) in [6, 6.07) is 7.74. The first kappa shape index (κ1) is 15.0. The number of carbonyl (C=O) groups excluding carboxylic acids is 1. The second kappa shape index (κ2) is 4.98. The van der Waals surface area contributed by atoms with Gasteiger partial charge in [-0.1, -0.05) is 12.1 Å². The zero-order valence-electron chi connectivity index (χ0n) is 13.5. The van der Waals surface area contributed by atoms with Crippen molar-refractivity contribution in [3.63, 3.8) is 0 Å². The number of anilines is 1. The first-order chi connectivity index (χ1) is 11.4. The number of fused-ring (bicyclic) bond motifs is 6. The minimum absolute atomic E-state index is 0.182. The number of para-hydroxylation sites is 1. The van der Waals surface area contributed by atoms with Gasteiger partial charge < -0.3 is 4.74 Å². The van der Waals surface area contributed by atoms with Crippen LogP contribution in [0.15, 0.2) is 35.5 Å². The Morgan fingerprint density at radius 1 is 1.29 bits per heavy atom. The highest BCUT2D eigenvalue weighted by Gasteiger charge is 2.40. The van der Waals surface area contributed by atoms with Gasteiger partial charge in [0.15, 0.2) is 11.7 Å². The molecule has 0 N–H and O–H groups in total. The smallest absolute Gasteiger partial charge is 0.431 e. The number of nitrogens with zero attached hydrogens (tertiary/aromatic N) is 5. The third kappa shape index (κ3) is 2.16. The van der Waals surface area contributed by atoms with Gasteiger partial charge in [-0.2, -0.15) is 5.01 Å². The Hall–Kier alpha value is -2.54. The van der Waals surface area contributed by atoms with Crippen molar-refractivity contribution in [2.75, 3.05) is 11.7 Å². The van der Waals surface area contributed by atoms with E-state index in [0.29, 0.717) is 16.9 Å². The molecule has 1 aromatic heterocycles. The van der Waals surface area contributed by atoms with Gasteiger partial charge >= 0.3 is 6.09 Å². The summed E-state index contributed by atoms with van der Waals surface area (Å²) in [6.45, 7) is 5.67. The fourth-order valence-electron chi connectivity index (χ4n) is 2.81. The lowest BCUT2D eigenvalue weighted by molar-refractivity contribution is 0.0276. The number of benzene rings is 1. The molecule has 7 nitrogen and oxygen atoms in total. The largest absolute Gasteiger partial charge is 0.442 e. The number of ether oxygens (including phenoxy) is 1. The van der Waals surface area contributed by atoms with E-state index in [1.54, 1.807) is 15.8 Å². The number of hydrazine groups is 1. The molecule has 0 atom stereocenters. The molecule has 0 radical (unpaired) electrons. The summed E-state index contributed by atoms with van der Waals surface area (Å²) >= 11 is 6.26. The lowest BCUT2D eigenvalue weighted by atomic mass is 10.1. The second-order valence-electron chi connectivity index (χ2n) is 6.55. The highest BCUT2D eigenvalue weighted by molar-refractivity contribution is 6.29. The normalized spacial score (nSPS) is 15.6. The monoisotopic (exact) mass is 345 g/mol. The number of amides is 1. The molecule has 0 spiro atoms. The third-order valence-corrected chi connectivity index (χ3v) is 3.97. The standard InChI is InChI=1S/C16H16ClN5O2/c1-16(2,3)24-15(23)20-9-19-13-10-6-4-5-7-11(10)21-12(22(13)20)8-18-14(21)17/h4-8H,9H2,1-3H3. The molecule has 1 aromatic carbocycles. The van der Waals surface area contributed by atoms with Crippen molar-refractivity contribution in [1.29, 1.82) is 0 Å². The van der Waals surface area contributed by atoms with Crippen molar-refractivity contribution in [2.45, 2.75) is 26.4 Å². The van der Waals surface area contributed by atoms with E-state index in [0.717, 1.165) is 11.3 Å². The molecule has 3 heterocycles. The predicted molar refractivity (Wildman–Crippen MR) is 90.5 cm³/mol. The van der Waals surface area contributed by atoms with Gasteiger partial charge in [0.1, 0.15) is 12.3 Å². The van der Waals surface area contributed by atoms with Crippen LogP contribution in [0, 0.1) is 0 Å². The number of hydrogen-bond donors (Lipinski definition) is 0. The average molecular weight is 346 g/mol. The topological polar surface area (TPSA) is 63.0 Å². The van der Waals surface area contributed by atoms with Gasteiger partial charge in [-0.25, -0.2) is 19.8 Å². The molecule has 0 aliphatic carbocycles. The number of aliphatic imine (C=N–C) groups is 1. The van der Waals surface area contributed by atoms with Crippen molar-refractivity contribution in [3.8, 4) is 5.69 Å². The van der Waals surface area contributed by atoms with E-state index in [-0.39, 0.29) is 6.67 Å². The Kier molecular flexibility index (Phi) is 3.11. The van der Waals surface area contributed by atoms with Crippen LogP contribution in [-0.2, 0) is 4.74 Å². The maximum absolute atomic E-state index is 12.6. The van der Waals surface area contributed by atoms with E-state index in [2.05, 4.69) is 9.98 Å².